The number of hydrogen-bond donors (Lipinski definition) is 2. The topological polar surface area (TPSA) is 92.4 Å². The van der Waals surface area contributed by atoms with Crippen molar-refractivity contribution in [2.45, 2.75) is 39.7 Å². The molecule has 1 heterocycles. The molecule has 1 amide bonds. The summed E-state index contributed by atoms with van der Waals surface area (Å²) in [5.41, 5.74) is -0.181. The Morgan fingerprint density at radius 2 is 2.15 bits per heavy atom. The fourth-order valence-electron chi connectivity index (χ4n) is 3.58. The first-order chi connectivity index (χ1) is 12.6. The van der Waals surface area contributed by atoms with Crippen molar-refractivity contribution in [3.05, 3.63) is 40.4 Å². The smallest absolute Gasteiger partial charge is 0.303 e. The van der Waals surface area contributed by atoms with Gasteiger partial charge in [-0.15, -0.1) is 0 Å². The fourth-order valence-corrected chi connectivity index (χ4v) is 3.84. The number of halogens is 2. The molecule has 2 N–H and O–H groups in total. The van der Waals surface area contributed by atoms with E-state index in [2.05, 4.69) is 10.5 Å². The molecule has 0 spiro atoms. The third kappa shape index (κ3) is 3.43. The minimum Gasteiger partial charge on any atom is -0.481 e. The lowest BCUT2D eigenvalue weighted by atomic mass is 9.57. The molecule has 0 saturated heterocycles. The van der Waals surface area contributed by atoms with Gasteiger partial charge in [-0.3, -0.25) is 9.59 Å². The summed E-state index contributed by atoms with van der Waals surface area (Å²) in [5.74, 6) is -1.68. The van der Waals surface area contributed by atoms with Gasteiger partial charge in [-0.2, -0.15) is 0 Å². The van der Waals surface area contributed by atoms with Gasteiger partial charge in [0, 0.05) is 12.5 Å². The highest BCUT2D eigenvalue weighted by Crippen LogP contribution is 2.48. The Morgan fingerprint density at radius 1 is 1.44 bits per heavy atom. The van der Waals surface area contributed by atoms with E-state index in [0.29, 0.717) is 6.42 Å². The molecule has 144 valence electrons. The van der Waals surface area contributed by atoms with Crippen molar-refractivity contribution in [1.29, 1.82) is 0 Å². The van der Waals surface area contributed by atoms with Gasteiger partial charge < -0.3 is 14.9 Å². The second-order valence-electron chi connectivity index (χ2n) is 7.44. The first kappa shape index (κ1) is 19.4. The van der Waals surface area contributed by atoms with Crippen LogP contribution in [0.5, 0.6) is 0 Å². The number of nitrogens with zero attached hydrogens (tertiary/aromatic N) is 1. The summed E-state index contributed by atoms with van der Waals surface area (Å²) in [6.07, 6.45) is 0.618. The fraction of sp³-hybridized carbons (Fsp3) is 0.421. The highest BCUT2D eigenvalue weighted by Gasteiger charge is 2.49. The van der Waals surface area contributed by atoms with Crippen LogP contribution in [0.3, 0.4) is 0 Å². The monoisotopic (exact) mass is 394 g/mol. The zero-order chi connectivity index (χ0) is 19.9. The molecular weight excluding hydrogens is 375 g/mol. The van der Waals surface area contributed by atoms with Crippen LogP contribution >= 0.6 is 11.6 Å². The molecule has 1 fully saturated rings. The maximum Gasteiger partial charge on any atom is 0.303 e. The summed E-state index contributed by atoms with van der Waals surface area (Å²) in [5, 5.41) is 15.9. The number of aryl methyl sites for hydroxylation is 1. The van der Waals surface area contributed by atoms with Gasteiger partial charge in [0.2, 0.25) is 0 Å². The van der Waals surface area contributed by atoms with E-state index in [1.165, 1.54) is 18.2 Å². The molecule has 0 radical (unpaired) electrons. The van der Waals surface area contributed by atoms with Gasteiger partial charge in [-0.25, -0.2) is 4.39 Å². The van der Waals surface area contributed by atoms with E-state index in [-0.39, 0.29) is 51.4 Å². The number of rotatable bonds is 5. The lowest BCUT2D eigenvalue weighted by molar-refractivity contribution is -0.141. The van der Waals surface area contributed by atoms with Gasteiger partial charge >= 0.3 is 5.97 Å². The van der Waals surface area contributed by atoms with E-state index in [0.717, 1.165) is 0 Å². The van der Waals surface area contributed by atoms with Crippen LogP contribution in [0, 0.1) is 24.1 Å². The summed E-state index contributed by atoms with van der Waals surface area (Å²) in [6, 6.07) is 4.01. The average molecular weight is 395 g/mol. The maximum atomic E-state index is 14.3. The minimum absolute atomic E-state index is 0.0118. The Kier molecular flexibility index (Phi) is 4.99. The molecule has 3 rings (SSSR count). The zero-order valence-corrected chi connectivity index (χ0v) is 15.9. The number of carboxylic acids is 1. The first-order valence-corrected chi connectivity index (χ1v) is 8.94. The van der Waals surface area contributed by atoms with Crippen molar-refractivity contribution in [1.82, 2.24) is 10.5 Å². The van der Waals surface area contributed by atoms with Crippen molar-refractivity contribution in [2.75, 3.05) is 0 Å². The molecule has 2 atom stereocenters. The molecule has 0 aliphatic heterocycles. The van der Waals surface area contributed by atoms with E-state index in [1.54, 1.807) is 6.92 Å². The van der Waals surface area contributed by atoms with Crippen LogP contribution in [0.4, 0.5) is 4.39 Å². The van der Waals surface area contributed by atoms with Crippen LogP contribution in [0.2, 0.25) is 5.02 Å². The Morgan fingerprint density at radius 3 is 2.74 bits per heavy atom. The van der Waals surface area contributed by atoms with Crippen LogP contribution in [-0.4, -0.2) is 28.2 Å². The number of carbonyl (C=O) groups excluding carboxylic acids is 1. The third-order valence-corrected chi connectivity index (χ3v) is 5.80. The summed E-state index contributed by atoms with van der Waals surface area (Å²) >= 11 is 6.10. The van der Waals surface area contributed by atoms with Crippen LogP contribution < -0.4 is 5.32 Å². The summed E-state index contributed by atoms with van der Waals surface area (Å²) < 4.78 is 19.4. The van der Waals surface area contributed by atoms with Crippen LogP contribution in [-0.2, 0) is 4.79 Å². The molecule has 6 nitrogen and oxygen atoms in total. The lowest BCUT2D eigenvalue weighted by Gasteiger charge is -2.52. The minimum atomic E-state index is -0.857. The van der Waals surface area contributed by atoms with Crippen LogP contribution in [0.1, 0.15) is 42.8 Å². The first-order valence-electron chi connectivity index (χ1n) is 8.56. The van der Waals surface area contributed by atoms with Gasteiger partial charge in [0.1, 0.15) is 22.8 Å². The average Bonchev–Trinajstić information content (AvgIpc) is 2.94. The van der Waals surface area contributed by atoms with Gasteiger partial charge in [-0.1, -0.05) is 36.7 Å². The number of nitrogens with one attached hydrogen (secondary N) is 1. The zero-order valence-electron chi connectivity index (χ0n) is 15.2. The normalized spacial score (nSPS) is 20.8. The number of hydrogen-bond acceptors (Lipinski definition) is 4. The third-order valence-electron chi connectivity index (χ3n) is 5.49. The Bertz CT molecular complexity index is 889. The Balaban J connectivity index is 1.85. The number of aromatic nitrogens is 1. The van der Waals surface area contributed by atoms with Crippen molar-refractivity contribution < 1.29 is 23.6 Å². The number of carbonyl (C=O) groups is 2. The Labute approximate surface area is 160 Å². The molecule has 1 saturated carbocycles. The molecule has 27 heavy (non-hydrogen) atoms. The van der Waals surface area contributed by atoms with Crippen LogP contribution in [0.15, 0.2) is 22.7 Å². The van der Waals surface area contributed by atoms with E-state index in [9.17, 15) is 14.0 Å². The molecule has 2 unspecified atom stereocenters. The summed E-state index contributed by atoms with van der Waals surface area (Å²) in [7, 11) is 0. The number of amides is 1. The Hall–Kier alpha value is -2.41. The maximum absolute atomic E-state index is 14.3. The number of carboxylic acid groups (broad SMARTS) is 1. The SMILES string of the molecule is Cc1onc(-c2c(F)cccc2Cl)c1C(=O)NC1CC(CC(=O)O)C1(C)C. The molecule has 1 aliphatic carbocycles. The highest BCUT2D eigenvalue weighted by atomic mass is 35.5. The van der Waals surface area contributed by atoms with Gasteiger partial charge in [-0.05, 0) is 36.8 Å². The predicted molar refractivity (Wildman–Crippen MR) is 97.0 cm³/mol. The quantitative estimate of drug-likeness (QED) is 0.797. The molecule has 2 aromatic rings. The molecule has 1 aliphatic rings. The lowest BCUT2D eigenvalue weighted by Crippen LogP contribution is -2.58. The van der Waals surface area contributed by atoms with E-state index < -0.39 is 17.7 Å². The second kappa shape index (κ2) is 6.96. The molecular formula is C19H20ClFN2O4. The van der Waals surface area contributed by atoms with Crippen molar-refractivity contribution in [3.63, 3.8) is 0 Å². The van der Waals surface area contributed by atoms with Gasteiger partial charge in [0.25, 0.3) is 5.91 Å². The molecule has 8 heteroatoms. The molecule has 0 bridgehead atoms. The summed E-state index contributed by atoms with van der Waals surface area (Å²) in [6.45, 7) is 5.41. The van der Waals surface area contributed by atoms with Gasteiger partial charge in [0.15, 0.2) is 0 Å². The largest absolute Gasteiger partial charge is 0.481 e. The molecule has 1 aromatic carbocycles. The second-order valence-corrected chi connectivity index (χ2v) is 7.84. The number of aliphatic carboxylic acids is 1. The molecule has 1 aromatic heterocycles. The predicted octanol–water partition coefficient (Wildman–Crippen LogP) is 4.06. The van der Waals surface area contributed by atoms with Crippen LogP contribution in [0.25, 0.3) is 11.3 Å². The van der Waals surface area contributed by atoms with Crippen molar-refractivity contribution in [3.8, 4) is 11.3 Å². The number of benzene rings is 1. The van der Waals surface area contributed by atoms with E-state index in [1.807, 2.05) is 13.8 Å². The van der Waals surface area contributed by atoms with Crippen molar-refractivity contribution >= 4 is 23.5 Å². The van der Waals surface area contributed by atoms with Crippen molar-refractivity contribution in [2.24, 2.45) is 11.3 Å². The van der Waals surface area contributed by atoms with Gasteiger partial charge in [0.05, 0.1) is 10.6 Å². The standard InChI is InChI=1S/C19H20ClFN2O4/c1-9-15(17(23-27-9)16-11(20)5-4-6-12(16)21)18(26)22-13-7-10(8-14(24)25)19(13,2)3/h4-6,10,13H,7-8H2,1-3H3,(H,22,26)(H,24,25). The highest BCUT2D eigenvalue weighted by molar-refractivity contribution is 6.33. The van der Waals surface area contributed by atoms with E-state index >= 15 is 0 Å². The van der Waals surface area contributed by atoms with E-state index in [4.69, 9.17) is 21.2 Å². The summed E-state index contributed by atoms with van der Waals surface area (Å²) in [4.78, 5) is 23.8.